The second-order valence-corrected chi connectivity index (χ2v) is 8.91. The molecular formula is C31H38N2. The Balaban J connectivity index is 1.51. The van der Waals surface area contributed by atoms with E-state index in [1.807, 2.05) is 18.5 Å². The van der Waals surface area contributed by atoms with Gasteiger partial charge in [-0.15, -0.1) is 0 Å². The molecule has 0 aliphatic carbocycles. The van der Waals surface area contributed by atoms with Crippen molar-refractivity contribution in [3.05, 3.63) is 114 Å². The van der Waals surface area contributed by atoms with Crippen molar-refractivity contribution in [2.75, 3.05) is 0 Å². The molecule has 0 bridgehead atoms. The first-order valence-corrected chi connectivity index (χ1v) is 12.3. The molecule has 2 nitrogen and oxygen atoms in total. The van der Waals surface area contributed by atoms with Gasteiger partial charge in [0.05, 0.1) is 0 Å². The number of pyridine rings is 1. The van der Waals surface area contributed by atoms with Gasteiger partial charge in [-0.3, -0.25) is 4.98 Å². The summed E-state index contributed by atoms with van der Waals surface area (Å²) in [5, 5.41) is 3.50. The van der Waals surface area contributed by atoms with E-state index in [1.165, 1.54) is 65.6 Å². The zero-order valence-electron chi connectivity index (χ0n) is 20.3. The number of unbranched alkanes of at least 4 members (excludes halogenated alkanes) is 1. The molecule has 33 heavy (non-hydrogen) atoms. The molecule has 3 aromatic rings. The molecule has 0 saturated carbocycles. The molecule has 172 valence electrons. The Morgan fingerprint density at radius 1 is 0.909 bits per heavy atom. The number of nitrogens with zero attached hydrogens (tertiary/aromatic N) is 1. The monoisotopic (exact) mass is 438 g/mol. The van der Waals surface area contributed by atoms with Crippen LogP contribution < -0.4 is 5.32 Å². The molecule has 1 aromatic heterocycles. The minimum Gasteiger partial charge on any atom is -0.384 e. The number of hydrogen-bond donors (Lipinski definition) is 1. The smallest absolute Gasteiger partial charge is 0.0412 e. The average Bonchev–Trinajstić information content (AvgIpc) is 2.86. The predicted octanol–water partition coefficient (Wildman–Crippen LogP) is 8.13. The van der Waals surface area contributed by atoms with Crippen molar-refractivity contribution in [3.63, 3.8) is 0 Å². The van der Waals surface area contributed by atoms with E-state index in [2.05, 4.69) is 97.5 Å². The van der Waals surface area contributed by atoms with Crippen LogP contribution in [0.3, 0.4) is 0 Å². The first-order valence-electron chi connectivity index (χ1n) is 12.3. The number of hydrogen-bond acceptors (Lipinski definition) is 2. The van der Waals surface area contributed by atoms with E-state index in [0.717, 1.165) is 13.0 Å². The average molecular weight is 439 g/mol. The van der Waals surface area contributed by atoms with Gasteiger partial charge in [0.15, 0.2) is 0 Å². The van der Waals surface area contributed by atoms with Gasteiger partial charge in [-0.1, -0.05) is 92.6 Å². The number of benzene rings is 2. The third-order valence-corrected chi connectivity index (χ3v) is 6.21. The highest BCUT2D eigenvalue weighted by molar-refractivity contribution is 5.63. The Bertz CT molecular complexity index is 988. The molecule has 0 aliphatic heterocycles. The van der Waals surface area contributed by atoms with Crippen molar-refractivity contribution in [3.8, 4) is 11.1 Å². The molecule has 1 heterocycles. The summed E-state index contributed by atoms with van der Waals surface area (Å²) in [6.45, 7) is 9.64. The fourth-order valence-corrected chi connectivity index (χ4v) is 4.20. The van der Waals surface area contributed by atoms with Crippen molar-refractivity contribution in [2.45, 2.75) is 58.9 Å². The van der Waals surface area contributed by atoms with Crippen molar-refractivity contribution < 1.29 is 0 Å². The Hall–Kier alpha value is -3.13. The van der Waals surface area contributed by atoms with Gasteiger partial charge in [0.2, 0.25) is 0 Å². The van der Waals surface area contributed by atoms with Gasteiger partial charge in [-0.05, 0) is 72.9 Å². The summed E-state index contributed by atoms with van der Waals surface area (Å²) >= 11 is 0. The second kappa shape index (κ2) is 13.4. The van der Waals surface area contributed by atoms with Crippen molar-refractivity contribution in [2.24, 2.45) is 5.92 Å². The lowest BCUT2D eigenvalue weighted by Gasteiger charge is -2.18. The fourth-order valence-electron chi connectivity index (χ4n) is 4.20. The van der Waals surface area contributed by atoms with E-state index in [9.17, 15) is 0 Å². The van der Waals surface area contributed by atoms with Gasteiger partial charge in [0.25, 0.3) is 0 Å². The van der Waals surface area contributed by atoms with Crippen molar-refractivity contribution in [1.29, 1.82) is 0 Å². The molecule has 1 unspecified atom stereocenters. The lowest BCUT2D eigenvalue weighted by Crippen LogP contribution is -2.12. The topological polar surface area (TPSA) is 24.9 Å². The molecule has 0 fully saturated rings. The van der Waals surface area contributed by atoms with Crippen LogP contribution in [0, 0.1) is 5.92 Å². The highest BCUT2D eigenvalue weighted by Gasteiger charge is 2.11. The lowest BCUT2D eigenvalue weighted by molar-refractivity contribution is 0.486. The summed E-state index contributed by atoms with van der Waals surface area (Å²) in [5.74, 6) is 0.545. The molecule has 0 aliphatic rings. The Morgan fingerprint density at radius 3 is 2.33 bits per heavy atom. The summed E-state index contributed by atoms with van der Waals surface area (Å²) in [5.41, 5.74) is 7.59. The van der Waals surface area contributed by atoms with Gasteiger partial charge >= 0.3 is 0 Å². The third-order valence-electron chi connectivity index (χ3n) is 6.21. The lowest BCUT2D eigenvalue weighted by atomic mass is 9.88. The van der Waals surface area contributed by atoms with Crippen LogP contribution >= 0.6 is 0 Å². The van der Waals surface area contributed by atoms with E-state index in [4.69, 9.17) is 0 Å². The molecule has 2 heteroatoms. The highest BCUT2D eigenvalue weighted by atomic mass is 14.9. The fraction of sp³-hybridized carbons (Fsp3) is 0.323. The highest BCUT2D eigenvalue weighted by Crippen LogP contribution is 2.26. The van der Waals surface area contributed by atoms with Crippen LogP contribution in [0.5, 0.6) is 0 Å². The first kappa shape index (κ1) is 24.5. The van der Waals surface area contributed by atoms with Gasteiger partial charge in [0, 0.05) is 24.6 Å². The summed E-state index contributed by atoms with van der Waals surface area (Å²) in [6.07, 6.45) is 13.2. The Labute approximate surface area is 200 Å². The quantitative estimate of drug-likeness (QED) is 0.272. The van der Waals surface area contributed by atoms with E-state index >= 15 is 0 Å². The van der Waals surface area contributed by atoms with Crippen LogP contribution in [0.1, 0.15) is 57.1 Å². The first-order chi connectivity index (χ1) is 16.2. The van der Waals surface area contributed by atoms with Crippen LogP contribution in [-0.4, -0.2) is 4.98 Å². The SMILES string of the molecule is C=C(/C=C(\C)NCc1cccnc1)C(CCCC)CCCc1ccc(-c2ccccc2)cc1. The summed E-state index contributed by atoms with van der Waals surface area (Å²) in [6, 6.07) is 23.7. The van der Waals surface area contributed by atoms with Gasteiger partial charge < -0.3 is 5.32 Å². The molecule has 0 radical (unpaired) electrons. The molecule has 0 amide bonds. The normalized spacial score (nSPS) is 12.4. The van der Waals surface area contributed by atoms with E-state index in [1.54, 1.807) is 0 Å². The van der Waals surface area contributed by atoms with Gasteiger partial charge in [-0.25, -0.2) is 0 Å². The van der Waals surface area contributed by atoms with Crippen molar-refractivity contribution in [1.82, 2.24) is 10.3 Å². The molecule has 1 N–H and O–H groups in total. The second-order valence-electron chi connectivity index (χ2n) is 8.91. The van der Waals surface area contributed by atoms with E-state index in [0.29, 0.717) is 5.92 Å². The molecular weight excluding hydrogens is 400 g/mol. The molecule has 3 rings (SSSR count). The number of rotatable bonds is 13. The number of nitrogens with one attached hydrogen (secondary N) is 1. The van der Waals surface area contributed by atoms with Gasteiger partial charge in [0.1, 0.15) is 0 Å². The molecule has 0 saturated heterocycles. The van der Waals surface area contributed by atoms with Crippen molar-refractivity contribution >= 4 is 0 Å². The van der Waals surface area contributed by atoms with E-state index in [-0.39, 0.29) is 0 Å². The zero-order chi connectivity index (χ0) is 23.3. The van der Waals surface area contributed by atoms with Crippen LogP contribution in [0.2, 0.25) is 0 Å². The summed E-state index contributed by atoms with van der Waals surface area (Å²) in [7, 11) is 0. The Kier molecular flexibility index (Phi) is 9.97. The molecule has 2 aromatic carbocycles. The van der Waals surface area contributed by atoms with E-state index < -0.39 is 0 Å². The maximum absolute atomic E-state index is 4.45. The van der Waals surface area contributed by atoms with Crippen LogP contribution in [0.25, 0.3) is 11.1 Å². The minimum absolute atomic E-state index is 0.545. The maximum atomic E-state index is 4.45. The largest absolute Gasteiger partial charge is 0.384 e. The summed E-state index contributed by atoms with van der Waals surface area (Å²) in [4.78, 5) is 4.19. The standard InChI is InChI=1S/C31H38N2/c1-4-5-13-29(25(2)22-26(3)33-24-28-12-10-21-32-23-28)16-9-11-27-17-19-31(20-18-27)30-14-7-6-8-15-30/h6-8,10,12,14-15,17-23,29,33H,2,4-5,9,11,13,16,24H2,1,3H3/b26-22+. The Morgan fingerprint density at radius 2 is 1.64 bits per heavy atom. The van der Waals surface area contributed by atoms with Crippen LogP contribution in [0.15, 0.2) is 103 Å². The number of aryl methyl sites for hydroxylation is 1. The van der Waals surface area contributed by atoms with Crippen LogP contribution in [-0.2, 0) is 13.0 Å². The van der Waals surface area contributed by atoms with Gasteiger partial charge in [-0.2, -0.15) is 0 Å². The molecule has 1 atom stereocenters. The van der Waals surface area contributed by atoms with Crippen LogP contribution in [0.4, 0.5) is 0 Å². The minimum atomic E-state index is 0.545. The molecule has 0 spiro atoms. The predicted molar refractivity (Wildman–Crippen MR) is 142 cm³/mol. The summed E-state index contributed by atoms with van der Waals surface area (Å²) < 4.78 is 0. The maximum Gasteiger partial charge on any atom is 0.0412 e. The zero-order valence-corrected chi connectivity index (χ0v) is 20.3. The third kappa shape index (κ3) is 8.38. The number of allylic oxidation sites excluding steroid dienone is 3. The number of aromatic nitrogens is 1.